The average Bonchev–Trinajstić information content (AvgIpc) is 3.06. The number of aromatic nitrogens is 4. The molecule has 1 N–H and O–H groups in total. The minimum Gasteiger partial charge on any atom is -0.424 e. The number of fused-ring (bicyclic) bond motifs is 1. The SMILES string of the molecule is CCc1nnc(CN(C)Cc2ccc3cc[nH]c3n2)o1. The summed E-state index contributed by atoms with van der Waals surface area (Å²) in [5, 5.41) is 9.12. The molecule has 0 amide bonds. The van der Waals surface area contributed by atoms with Gasteiger partial charge in [-0.15, -0.1) is 10.2 Å². The van der Waals surface area contributed by atoms with Gasteiger partial charge in [-0.05, 0) is 25.2 Å². The Morgan fingerprint density at radius 2 is 2.00 bits per heavy atom. The van der Waals surface area contributed by atoms with Gasteiger partial charge in [0.1, 0.15) is 5.65 Å². The Morgan fingerprint density at radius 1 is 1.15 bits per heavy atom. The van der Waals surface area contributed by atoms with Gasteiger partial charge in [-0.1, -0.05) is 6.92 Å². The highest BCUT2D eigenvalue weighted by atomic mass is 16.4. The maximum absolute atomic E-state index is 5.51. The number of nitrogens with zero attached hydrogens (tertiary/aromatic N) is 4. The molecule has 20 heavy (non-hydrogen) atoms. The van der Waals surface area contributed by atoms with Crippen LogP contribution in [-0.2, 0) is 19.5 Å². The number of rotatable bonds is 5. The molecule has 3 rings (SSSR count). The second-order valence-electron chi connectivity index (χ2n) is 4.83. The van der Waals surface area contributed by atoms with Crippen molar-refractivity contribution in [3.8, 4) is 0 Å². The maximum Gasteiger partial charge on any atom is 0.230 e. The Hall–Kier alpha value is -2.21. The maximum atomic E-state index is 5.51. The lowest BCUT2D eigenvalue weighted by molar-refractivity contribution is 0.275. The Balaban J connectivity index is 1.66. The molecule has 6 heteroatoms. The largest absolute Gasteiger partial charge is 0.424 e. The highest BCUT2D eigenvalue weighted by Gasteiger charge is 2.09. The summed E-state index contributed by atoms with van der Waals surface area (Å²) in [5.74, 6) is 1.32. The fourth-order valence-corrected chi connectivity index (χ4v) is 2.12. The van der Waals surface area contributed by atoms with Crippen LogP contribution in [0.15, 0.2) is 28.8 Å². The van der Waals surface area contributed by atoms with Crippen LogP contribution in [0.25, 0.3) is 11.0 Å². The van der Waals surface area contributed by atoms with Crippen molar-refractivity contribution >= 4 is 11.0 Å². The minimum atomic E-state index is 0.622. The van der Waals surface area contributed by atoms with E-state index in [4.69, 9.17) is 4.42 Å². The third-order valence-corrected chi connectivity index (χ3v) is 3.12. The van der Waals surface area contributed by atoms with Gasteiger partial charge in [0.15, 0.2) is 0 Å². The number of aryl methyl sites for hydroxylation is 1. The molecule has 3 aromatic heterocycles. The van der Waals surface area contributed by atoms with E-state index in [1.54, 1.807) is 0 Å². The summed E-state index contributed by atoms with van der Waals surface area (Å²) in [6.07, 6.45) is 2.66. The molecule has 3 heterocycles. The van der Waals surface area contributed by atoms with Crippen molar-refractivity contribution in [2.75, 3.05) is 7.05 Å². The quantitative estimate of drug-likeness (QED) is 0.769. The van der Waals surface area contributed by atoms with E-state index in [2.05, 4.69) is 31.1 Å². The zero-order valence-corrected chi connectivity index (χ0v) is 11.6. The number of pyridine rings is 1. The first kappa shape index (κ1) is 12.8. The first-order valence-electron chi connectivity index (χ1n) is 6.67. The third kappa shape index (κ3) is 2.70. The molecule has 0 saturated heterocycles. The van der Waals surface area contributed by atoms with Crippen LogP contribution in [0.1, 0.15) is 24.4 Å². The number of aromatic amines is 1. The summed E-state index contributed by atoms with van der Waals surface area (Å²) in [4.78, 5) is 9.80. The van der Waals surface area contributed by atoms with Gasteiger partial charge in [-0.25, -0.2) is 4.98 Å². The van der Waals surface area contributed by atoms with E-state index < -0.39 is 0 Å². The topological polar surface area (TPSA) is 70.8 Å². The zero-order valence-electron chi connectivity index (χ0n) is 11.6. The van der Waals surface area contributed by atoms with Gasteiger partial charge in [-0.3, -0.25) is 4.90 Å². The van der Waals surface area contributed by atoms with Gasteiger partial charge in [0, 0.05) is 24.5 Å². The van der Waals surface area contributed by atoms with Crippen LogP contribution in [0.4, 0.5) is 0 Å². The van der Waals surface area contributed by atoms with Crippen molar-refractivity contribution in [3.63, 3.8) is 0 Å². The second-order valence-corrected chi connectivity index (χ2v) is 4.83. The normalized spacial score (nSPS) is 11.6. The van der Waals surface area contributed by atoms with Crippen molar-refractivity contribution in [2.24, 2.45) is 0 Å². The van der Waals surface area contributed by atoms with Crippen molar-refractivity contribution in [1.82, 2.24) is 25.1 Å². The monoisotopic (exact) mass is 271 g/mol. The van der Waals surface area contributed by atoms with E-state index in [0.29, 0.717) is 18.3 Å². The second kappa shape index (κ2) is 5.42. The molecule has 0 fully saturated rings. The third-order valence-electron chi connectivity index (χ3n) is 3.12. The standard InChI is InChI=1S/C14H17N5O/c1-3-12-17-18-13(20-12)9-19(2)8-11-5-4-10-6-7-15-14(10)16-11/h4-7H,3,8-9H2,1-2H3,(H,15,16). The molecule has 0 aliphatic heterocycles. The number of H-pyrrole nitrogens is 1. The van der Waals surface area contributed by atoms with Gasteiger partial charge in [-0.2, -0.15) is 0 Å². The minimum absolute atomic E-state index is 0.622. The van der Waals surface area contributed by atoms with E-state index in [1.807, 2.05) is 32.3 Å². The molecule has 0 radical (unpaired) electrons. The van der Waals surface area contributed by atoms with Gasteiger partial charge >= 0.3 is 0 Å². The number of hydrogen-bond acceptors (Lipinski definition) is 5. The summed E-state index contributed by atoms with van der Waals surface area (Å²) in [7, 11) is 2.01. The van der Waals surface area contributed by atoms with Crippen LogP contribution in [0, 0.1) is 0 Å². The predicted octanol–water partition coefficient (Wildman–Crippen LogP) is 2.14. The van der Waals surface area contributed by atoms with Gasteiger partial charge in [0.25, 0.3) is 0 Å². The predicted molar refractivity (Wildman–Crippen MR) is 74.9 cm³/mol. The molecule has 104 valence electrons. The lowest BCUT2D eigenvalue weighted by Gasteiger charge is -2.13. The molecule has 3 aromatic rings. The number of nitrogens with one attached hydrogen (secondary N) is 1. The van der Waals surface area contributed by atoms with Crippen LogP contribution >= 0.6 is 0 Å². The Labute approximate surface area is 116 Å². The molecule has 0 aliphatic carbocycles. The van der Waals surface area contributed by atoms with E-state index in [-0.39, 0.29) is 0 Å². The highest BCUT2D eigenvalue weighted by molar-refractivity contribution is 5.75. The van der Waals surface area contributed by atoms with Crippen LogP contribution < -0.4 is 0 Å². The molecule has 0 unspecified atom stereocenters. The molecule has 0 saturated carbocycles. The molecular weight excluding hydrogens is 254 g/mol. The van der Waals surface area contributed by atoms with Crippen molar-refractivity contribution in [3.05, 3.63) is 41.9 Å². The van der Waals surface area contributed by atoms with Gasteiger partial charge < -0.3 is 9.40 Å². The Morgan fingerprint density at radius 3 is 2.80 bits per heavy atom. The molecule has 0 spiro atoms. The first-order valence-corrected chi connectivity index (χ1v) is 6.67. The smallest absolute Gasteiger partial charge is 0.230 e. The molecule has 6 nitrogen and oxygen atoms in total. The summed E-state index contributed by atoms with van der Waals surface area (Å²) in [6.45, 7) is 3.35. The average molecular weight is 271 g/mol. The molecule has 0 aliphatic rings. The number of hydrogen-bond donors (Lipinski definition) is 1. The fourth-order valence-electron chi connectivity index (χ4n) is 2.12. The van der Waals surface area contributed by atoms with E-state index in [0.717, 1.165) is 29.7 Å². The highest BCUT2D eigenvalue weighted by Crippen LogP contribution is 2.12. The lowest BCUT2D eigenvalue weighted by Crippen LogP contribution is -2.18. The molecular formula is C14H17N5O. The molecule has 0 aromatic carbocycles. The van der Waals surface area contributed by atoms with Crippen LogP contribution in [0.2, 0.25) is 0 Å². The fraction of sp³-hybridized carbons (Fsp3) is 0.357. The molecule has 0 bridgehead atoms. The van der Waals surface area contributed by atoms with E-state index >= 15 is 0 Å². The van der Waals surface area contributed by atoms with Crippen LogP contribution in [-0.4, -0.2) is 32.1 Å². The first-order chi connectivity index (χ1) is 9.74. The summed E-state index contributed by atoms with van der Waals surface area (Å²) >= 11 is 0. The van der Waals surface area contributed by atoms with E-state index in [1.165, 1.54) is 0 Å². The lowest BCUT2D eigenvalue weighted by atomic mass is 10.3. The van der Waals surface area contributed by atoms with Crippen molar-refractivity contribution in [2.45, 2.75) is 26.4 Å². The van der Waals surface area contributed by atoms with Gasteiger partial charge in [0.2, 0.25) is 11.8 Å². The summed E-state index contributed by atoms with van der Waals surface area (Å²) < 4.78 is 5.51. The van der Waals surface area contributed by atoms with E-state index in [9.17, 15) is 0 Å². The summed E-state index contributed by atoms with van der Waals surface area (Å²) in [5.41, 5.74) is 1.93. The van der Waals surface area contributed by atoms with Crippen LogP contribution in [0.3, 0.4) is 0 Å². The Kier molecular flexibility index (Phi) is 3.47. The van der Waals surface area contributed by atoms with Crippen molar-refractivity contribution in [1.29, 1.82) is 0 Å². The van der Waals surface area contributed by atoms with Crippen LogP contribution in [0.5, 0.6) is 0 Å². The van der Waals surface area contributed by atoms with Gasteiger partial charge in [0.05, 0.1) is 12.2 Å². The van der Waals surface area contributed by atoms with Crippen molar-refractivity contribution < 1.29 is 4.42 Å². The molecule has 0 atom stereocenters. The Bertz CT molecular complexity index is 702. The summed E-state index contributed by atoms with van der Waals surface area (Å²) in [6, 6.07) is 6.13. The zero-order chi connectivity index (χ0) is 13.9.